The minimum absolute atomic E-state index is 0.248. The predicted molar refractivity (Wildman–Crippen MR) is 137 cm³/mol. The summed E-state index contributed by atoms with van der Waals surface area (Å²) in [6.07, 6.45) is 0. The van der Waals surface area contributed by atoms with Crippen LogP contribution in [0.1, 0.15) is 39.8 Å². The normalized spacial score (nSPS) is 11.4. The highest BCUT2D eigenvalue weighted by molar-refractivity contribution is 6.31. The van der Waals surface area contributed by atoms with E-state index in [2.05, 4.69) is 22.7 Å². The van der Waals surface area contributed by atoms with Gasteiger partial charge in [-0.1, -0.05) is 23.7 Å². The molecule has 174 valence electrons. The number of nitrogens with zero attached hydrogens (tertiary/aromatic N) is 4. The first-order valence-corrected chi connectivity index (χ1v) is 11.3. The minimum Gasteiger partial charge on any atom is -0.378 e. The number of carbonyl (C=O) groups excluding carboxylic acids is 1. The summed E-state index contributed by atoms with van der Waals surface area (Å²) in [6, 6.07) is 13.0. The summed E-state index contributed by atoms with van der Waals surface area (Å²) in [5.74, 6) is 0.103. The molecule has 0 saturated carbocycles. The van der Waals surface area contributed by atoms with Crippen LogP contribution in [0.25, 0.3) is 0 Å². The van der Waals surface area contributed by atoms with Crippen molar-refractivity contribution in [2.24, 2.45) is 4.99 Å². The summed E-state index contributed by atoms with van der Waals surface area (Å²) >= 11 is 6.20. The van der Waals surface area contributed by atoms with E-state index in [1.165, 1.54) is 0 Å². The van der Waals surface area contributed by atoms with E-state index in [1.54, 1.807) is 6.07 Å². The molecule has 8 heteroatoms. The number of halogens is 1. The van der Waals surface area contributed by atoms with Gasteiger partial charge in [-0.25, -0.2) is 4.99 Å². The third kappa shape index (κ3) is 5.93. The molecule has 0 saturated heterocycles. The quantitative estimate of drug-likeness (QED) is 0.398. The fraction of sp³-hybridized carbons (Fsp3) is 0.320. The molecule has 3 aromatic rings. The van der Waals surface area contributed by atoms with Crippen LogP contribution in [0.4, 0.5) is 11.4 Å². The van der Waals surface area contributed by atoms with E-state index < -0.39 is 0 Å². The summed E-state index contributed by atoms with van der Waals surface area (Å²) in [7, 11) is 3.88. The van der Waals surface area contributed by atoms with Gasteiger partial charge in [-0.15, -0.1) is 0 Å². The number of aryl methyl sites for hydroxylation is 3. The number of aliphatic imine (C=N–C) groups is 1. The summed E-state index contributed by atoms with van der Waals surface area (Å²) < 4.78 is 1.96. The molecule has 33 heavy (non-hydrogen) atoms. The van der Waals surface area contributed by atoms with Crippen LogP contribution in [0.3, 0.4) is 0 Å². The van der Waals surface area contributed by atoms with Crippen molar-refractivity contribution in [2.75, 3.05) is 24.3 Å². The summed E-state index contributed by atoms with van der Waals surface area (Å²) in [6.45, 7) is 9.22. The van der Waals surface area contributed by atoms with E-state index >= 15 is 0 Å². The Morgan fingerprint density at radius 1 is 1.15 bits per heavy atom. The largest absolute Gasteiger partial charge is 0.378 e. The van der Waals surface area contributed by atoms with Gasteiger partial charge in [-0.2, -0.15) is 5.10 Å². The Labute approximate surface area is 200 Å². The first kappa shape index (κ1) is 24.3. The number of carbonyl (C=O) groups is 1. The lowest BCUT2D eigenvalue weighted by Crippen LogP contribution is -2.36. The predicted octanol–water partition coefficient (Wildman–Crippen LogP) is 4.95. The molecule has 0 aliphatic carbocycles. The molecule has 0 unspecified atom stereocenters. The van der Waals surface area contributed by atoms with Gasteiger partial charge in [-0.05, 0) is 63.6 Å². The topological polar surface area (TPSA) is 74.5 Å². The van der Waals surface area contributed by atoms with Crippen LogP contribution in [0, 0.1) is 20.8 Å². The number of rotatable bonds is 6. The van der Waals surface area contributed by atoms with Crippen molar-refractivity contribution in [3.05, 3.63) is 75.6 Å². The molecule has 0 aliphatic heterocycles. The van der Waals surface area contributed by atoms with Gasteiger partial charge in [0.2, 0.25) is 5.96 Å². The van der Waals surface area contributed by atoms with Crippen LogP contribution in [0.15, 0.2) is 47.5 Å². The van der Waals surface area contributed by atoms with Crippen molar-refractivity contribution in [3.63, 3.8) is 0 Å². The number of nitrogens with one attached hydrogen (secondary N) is 2. The zero-order valence-corrected chi connectivity index (χ0v) is 20.8. The van der Waals surface area contributed by atoms with Crippen molar-refractivity contribution in [3.8, 4) is 0 Å². The van der Waals surface area contributed by atoms with E-state index in [4.69, 9.17) is 16.6 Å². The van der Waals surface area contributed by atoms with Crippen LogP contribution in [0.5, 0.6) is 0 Å². The molecule has 0 spiro atoms. The number of aromatic nitrogens is 2. The molecule has 0 radical (unpaired) electrons. The zero-order chi connectivity index (χ0) is 24.1. The van der Waals surface area contributed by atoms with Crippen LogP contribution in [-0.2, 0) is 13.1 Å². The Morgan fingerprint density at radius 3 is 2.58 bits per heavy atom. The van der Waals surface area contributed by atoms with Gasteiger partial charge < -0.3 is 10.2 Å². The van der Waals surface area contributed by atoms with Gasteiger partial charge >= 0.3 is 0 Å². The molecule has 1 amide bonds. The van der Waals surface area contributed by atoms with Gasteiger partial charge in [0.25, 0.3) is 5.91 Å². The molecule has 1 aromatic heterocycles. The van der Waals surface area contributed by atoms with Gasteiger partial charge in [0, 0.05) is 53.9 Å². The third-order valence-electron chi connectivity index (χ3n) is 5.54. The Hall–Kier alpha value is -3.32. The second kappa shape index (κ2) is 10.5. The fourth-order valence-corrected chi connectivity index (χ4v) is 3.67. The van der Waals surface area contributed by atoms with Crippen LogP contribution >= 0.6 is 11.6 Å². The molecule has 3 rings (SSSR count). The zero-order valence-electron chi connectivity index (χ0n) is 20.0. The fourth-order valence-electron chi connectivity index (χ4n) is 3.50. The van der Waals surface area contributed by atoms with Gasteiger partial charge in [-0.3, -0.25) is 14.8 Å². The number of anilines is 2. The van der Waals surface area contributed by atoms with Crippen molar-refractivity contribution in [2.45, 2.75) is 40.8 Å². The number of hydrogen-bond donors (Lipinski definition) is 2. The Bertz CT molecular complexity index is 1180. The van der Waals surface area contributed by atoms with E-state index in [-0.39, 0.29) is 5.91 Å². The van der Waals surface area contributed by atoms with Gasteiger partial charge in [0.05, 0.1) is 12.2 Å². The molecule has 0 fully saturated rings. The molecular formula is C25H31ClN6O. The average molecular weight is 467 g/mol. The van der Waals surface area contributed by atoms with Crippen LogP contribution in [-0.4, -0.2) is 35.7 Å². The molecule has 1 heterocycles. The van der Waals surface area contributed by atoms with E-state index in [0.717, 1.165) is 40.4 Å². The van der Waals surface area contributed by atoms with E-state index in [1.807, 2.05) is 80.8 Å². The molecule has 0 atom stereocenters. The monoisotopic (exact) mass is 466 g/mol. The maximum atomic E-state index is 13.1. The second-order valence-corrected chi connectivity index (χ2v) is 8.55. The molecule has 7 nitrogen and oxygen atoms in total. The first-order valence-electron chi connectivity index (χ1n) is 10.9. The maximum absolute atomic E-state index is 13.1. The third-order valence-corrected chi connectivity index (χ3v) is 5.77. The molecule has 0 bridgehead atoms. The Morgan fingerprint density at radius 2 is 1.91 bits per heavy atom. The van der Waals surface area contributed by atoms with Crippen LogP contribution in [0.2, 0.25) is 5.02 Å². The first-order chi connectivity index (χ1) is 15.7. The van der Waals surface area contributed by atoms with Gasteiger partial charge in [0.15, 0.2) is 0 Å². The number of hydrogen-bond acceptors (Lipinski definition) is 4. The highest BCUT2D eigenvalue weighted by atomic mass is 35.5. The van der Waals surface area contributed by atoms with Crippen molar-refractivity contribution in [1.29, 1.82) is 0 Å². The summed E-state index contributed by atoms with van der Waals surface area (Å²) in [5, 5.41) is 11.4. The smallest absolute Gasteiger partial charge is 0.258 e. The summed E-state index contributed by atoms with van der Waals surface area (Å²) in [4.78, 5) is 19.7. The standard InChI is InChI=1S/C25H31ClN6O/c1-7-32-18(4)22(17(3)30-32)15-27-25(28-23-14-20(26)12-11-16(23)2)29-24(33)19-9-8-10-21(13-19)31(5)6/h8-14H,7,15H2,1-6H3,(H2,27,28,29,33). The van der Waals surface area contributed by atoms with E-state index in [9.17, 15) is 4.79 Å². The highest BCUT2D eigenvalue weighted by Gasteiger charge is 2.14. The number of amides is 1. The van der Waals surface area contributed by atoms with Crippen molar-refractivity contribution >= 4 is 34.8 Å². The molecule has 2 N–H and O–H groups in total. The van der Waals surface area contributed by atoms with Crippen molar-refractivity contribution < 1.29 is 4.79 Å². The van der Waals surface area contributed by atoms with E-state index in [0.29, 0.717) is 23.1 Å². The maximum Gasteiger partial charge on any atom is 0.258 e. The number of guanidine groups is 1. The SMILES string of the molecule is CCn1nc(C)c(CN=C(NC(=O)c2cccc(N(C)C)c2)Nc2cc(Cl)ccc2C)c1C. The Balaban J connectivity index is 1.92. The van der Waals surface area contributed by atoms with Crippen LogP contribution < -0.4 is 15.5 Å². The average Bonchev–Trinajstić information content (AvgIpc) is 3.07. The number of benzene rings is 2. The highest BCUT2D eigenvalue weighted by Crippen LogP contribution is 2.21. The summed E-state index contributed by atoms with van der Waals surface area (Å²) in [5.41, 5.74) is 6.30. The van der Waals surface area contributed by atoms with Crippen molar-refractivity contribution in [1.82, 2.24) is 15.1 Å². The van der Waals surface area contributed by atoms with Gasteiger partial charge in [0.1, 0.15) is 0 Å². The lowest BCUT2D eigenvalue weighted by Gasteiger charge is -2.16. The molecule has 0 aliphatic rings. The Kier molecular flexibility index (Phi) is 7.76. The lowest BCUT2D eigenvalue weighted by molar-refractivity contribution is 0.0977. The lowest BCUT2D eigenvalue weighted by atomic mass is 10.2. The molecule has 2 aromatic carbocycles. The second-order valence-electron chi connectivity index (χ2n) is 8.11. The minimum atomic E-state index is -0.248. The molecular weight excluding hydrogens is 436 g/mol.